The maximum atomic E-state index is 12.4. The Bertz CT molecular complexity index is 372. The van der Waals surface area contributed by atoms with E-state index in [0.29, 0.717) is 6.42 Å². The van der Waals surface area contributed by atoms with Crippen LogP contribution < -0.4 is 5.32 Å². The molecular weight excluding hydrogens is 394 g/mol. The molecule has 0 aromatic heterocycles. The van der Waals surface area contributed by atoms with Gasteiger partial charge in [-0.2, -0.15) is 0 Å². The molecule has 0 radical (unpaired) electrons. The van der Waals surface area contributed by atoms with Crippen molar-refractivity contribution in [2.75, 3.05) is 13.1 Å². The number of rotatable bonds is 26. The smallest absolute Gasteiger partial charge is 0.306 e. The van der Waals surface area contributed by atoms with Gasteiger partial charge in [0.2, 0.25) is 0 Å². The summed E-state index contributed by atoms with van der Waals surface area (Å²) in [6, 6.07) is 0. The van der Waals surface area contributed by atoms with Crippen molar-refractivity contribution in [2.24, 2.45) is 0 Å². The number of hydrogen-bond acceptors (Lipinski definition) is 3. The fourth-order valence-corrected chi connectivity index (χ4v) is 4.31. The van der Waals surface area contributed by atoms with Crippen molar-refractivity contribution < 1.29 is 9.53 Å². The van der Waals surface area contributed by atoms with Gasteiger partial charge in [0.15, 0.2) is 0 Å². The van der Waals surface area contributed by atoms with E-state index in [2.05, 4.69) is 26.1 Å². The molecular formula is C29H59NO2. The second kappa shape index (κ2) is 26.7. The minimum Gasteiger partial charge on any atom is -0.462 e. The highest BCUT2D eigenvalue weighted by Gasteiger charge is 2.14. The fraction of sp³-hybridized carbons (Fsp3) is 0.966. The van der Waals surface area contributed by atoms with Gasteiger partial charge in [-0.15, -0.1) is 0 Å². The van der Waals surface area contributed by atoms with Crippen LogP contribution in [0.5, 0.6) is 0 Å². The molecule has 0 aromatic rings. The highest BCUT2D eigenvalue weighted by molar-refractivity contribution is 5.69. The molecule has 0 aliphatic heterocycles. The lowest BCUT2D eigenvalue weighted by Crippen LogP contribution is -2.18. The van der Waals surface area contributed by atoms with Gasteiger partial charge < -0.3 is 10.1 Å². The summed E-state index contributed by atoms with van der Waals surface area (Å²) in [6.07, 6.45) is 27.1. The molecule has 0 amide bonds. The summed E-state index contributed by atoms with van der Waals surface area (Å²) in [4.78, 5) is 12.4. The summed E-state index contributed by atoms with van der Waals surface area (Å²) < 4.78 is 5.92. The molecule has 0 saturated heterocycles. The van der Waals surface area contributed by atoms with Crippen molar-refractivity contribution in [2.45, 2.75) is 168 Å². The predicted octanol–water partition coefficient (Wildman–Crippen LogP) is 9.13. The third-order valence-corrected chi connectivity index (χ3v) is 6.50. The van der Waals surface area contributed by atoms with Gasteiger partial charge in [0, 0.05) is 6.42 Å². The Morgan fingerprint density at radius 1 is 0.562 bits per heavy atom. The maximum absolute atomic E-state index is 12.4. The van der Waals surface area contributed by atoms with Crippen LogP contribution in [0, 0.1) is 0 Å². The van der Waals surface area contributed by atoms with E-state index < -0.39 is 0 Å². The molecule has 32 heavy (non-hydrogen) atoms. The van der Waals surface area contributed by atoms with Crippen LogP contribution in [0.25, 0.3) is 0 Å². The molecule has 0 bridgehead atoms. The lowest BCUT2D eigenvalue weighted by molar-refractivity contribution is -0.150. The first kappa shape index (κ1) is 31.4. The maximum Gasteiger partial charge on any atom is 0.306 e. The third-order valence-electron chi connectivity index (χ3n) is 6.50. The predicted molar refractivity (Wildman–Crippen MR) is 141 cm³/mol. The SMILES string of the molecule is CCCCCCCCCC(CCCCCC)OC(=O)CCCCCCNCCCCCC. The molecule has 3 nitrogen and oxygen atoms in total. The van der Waals surface area contributed by atoms with E-state index in [1.807, 2.05) is 0 Å². The molecule has 0 aromatic carbocycles. The zero-order valence-electron chi connectivity index (χ0n) is 22.4. The number of hydrogen-bond donors (Lipinski definition) is 1. The van der Waals surface area contributed by atoms with Gasteiger partial charge in [-0.05, 0) is 58.0 Å². The molecule has 0 aliphatic rings. The molecule has 3 heteroatoms. The van der Waals surface area contributed by atoms with Crippen molar-refractivity contribution >= 4 is 5.97 Å². The summed E-state index contributed by atoms with van der Waals surface area (Å²) in [5.74, 6) is 0.0440. The largest absolute Gasteiger partial charge is 0.462 e. The third kappa shape index (κ3) is 24.1. The van der Waals surface area contributed by atoms with Crippen LogP contribution >= 0.6 is 0 Å². The van der Waals surface area contributed by atoms with Gasteiger partial charge in [0.05, 0.1) is 0 Å². The van der Waals surface area contributed by atoms with E-state index in [4.69, 9.17) is 4.74 Å². The molecule has 1 N–H and O–H groups in total. The first-order valence-electron chi connectivity index (χ1n) is 14.6. The lowest BCUT2D eigenvalue weighted by Gasteiger charge is -2.18. The van der Waals surface area contributed by atoms with Crippen LogP contribution in [0.15, 0.2) is 0 Å². The average Bonchev–Trinajstić information content (AvgIpc) is 2.79. The Balaban J connectivity index is 3.82. The minimum absolute atomic E-state index is 0.0440. The van der Waals surface area contributed by atoms with E-state index in [-0.39, 0.29) is 12.1 Å². The first-order valence-corrected chi connectivity index (χ1v) is 14.6. The number of carbonyl (C=O) groups excluding carboxylic acids is 1. The topological polar surface area (TPSA) is 38.3 Å². The van der Waals surface area contributed by atoms with Gasteiger partial charge >= 0.3 is 5.97 Å². The number of nitrogens with one attached hydrogen (secondary N) is 1. The van der Waals surface area contributed by atoms with E-state index >= 15 is 0 Å². The number of unbranched alkanes of at least 4 members (excludes halogenated alkanes) is 15. The summed E-state index contributed by atoms with van der Waals surface area (Å²) in [6.45, 7) is 9.05. The standard InChI is InChI=1S/C29H59NO2/c1-4-7-10-13-14-15-19-24-28(23-18-11-8-5-2)32-29(31)25-20-16-17-22-27-30-26-21-12-9-6-3/h28,30H,4-27H2,1-3H3. The van der Waals surface area contributed by atoms with Crippen LogP contribution in [0.2, 0.25) is 0 Å². The second-order valence-corrected chi connectivity index (χ2v) is 9.85. The Labute approximate surface area is 202 Å². The molecule has 0 heterocycles. The summed E-state index contributed by atoms with van der Waals surface area (Å²) in [7, 11) is 0. The second-order valence-electron chi connectivity index (χ2n) is 9.85. The average molecular weight is 454 g/mol. The molecule has 1 atom stereocenters. The highest BCUT2D eigenvalue weighted by Crippen LogP contribution is 2.17. The Hall–Kier alpha value is -0.570. The van der Waals surface area contributed by atoms with E-state index in [1.165, 1.54) is 109 Å². The van der Waals surface area contributed by atoms with E-state index in [0.717, 1.165) is 38.8 Å². The molecule has 0 spiro atoms. The minimum atomic E-state index is 0.0440. The van der Waals surface area contributed by atoms with E-state index in [9.17, 15) is 4.79 Å². The molecule has 0 aliphatic carbocycles. The molecule has 0 saturated carbocycles. The Morgan fingerprint density at radius 2 is 0.969 bits per heavy atom. The van der Waals surface area contributed by atoms with Gasteiger partial charge in [-0.3, -0.25) is 4.79 Å². The number of carbonyl (C=O) groups is 1. The van der Waals surface area contributed by atoms with Gasteiger partial charge in [0.1, 0.15) is 6.10 Å². The summed E-state index contributed by atoms with van der Waals surface area (Å²) in [5.41, 5.74) is 0. The molecule has 0 rings (SSSR count). The first-order chi connectivity index (χ1) is 15.7. The van der Waals surface area contributed by atoms with Gasteiger partial charge in [-0.1, -0.05) is 111 Å². The van der Waals surface area contributed by atoms with Crippen LogP contribution in [0.1, 0.15) is 162 Å². The van der Waals surface area contributed by atoms with Crippen molar-refractivity contribution in [1.82, 2.24) is 5.32 Å². The van der Waals surface area contributed by atoms with Gasteiger partial charge in [0.25, 0.3) is 0 Å². The van der Waals surface area contributed by atoms with Crippen molar-refractivity contribution in [3.8, 4) is 0 Å². The number of esters is 1. The fourth-order valence-electron chi connectivity index (χ4n) is 4.31. The van der Waals surface area contributed by atoms with Gasteiger partial charge in [-0.25, -0.2) is 0 Å². The van der Waals surface area contributed by atoms with E-state index in [1.54, 1.807) is 0 Å². The van der Waals surface area contributed by atoms with Crippen molar-refractivity contribution in [3.05, 3.63) is 0 Å². The summed E-state index contributed by atoms with van der Waals surface area (Å²) >= 11 is 0. The molecule has 1 unspecified atom stereocenters. The Morgan fingerprint density at radius 3 is 1.53 bits per heavy atom. The summed E-state index contributed by atoms with van der Waals surface area (Å²) in [5, 5.41) is 3.55. The Kier molecular flexibility index (Phi) is 26.2. The van der Waals surface area contributed by atoms with Crippen molar-refractivity contribution in [1.29, 1.82) is 0 Å². The van der Waals surface area contributed by atoms with Crippen LogP contribution in [0.3, 0.4) is 0 Å². The highest BCUT2D eigenvalue weighted by atomic mass is 16.5. The normalized spacial score (nSPS) is 12.2. The van der Waals surface area contributed by atoms with Crippen molar-refractivity contribution in [3.63, 3.8) is 0 Å². The zero-order valence-corrected chi connectivity index (χ0v) is 22.4. The molecule has 192 valence electrons. The van der Waals surface area contributed by atoms with Crippen LogP contribution in [-0.2, 0) is 9.53 Å². The zero-order chi connectivity index (χ0) is 23.5. The molecule has 0 fully saturated rings. The van der Waals surface area contributed by atoms with Crippen LogP contribution in [-0.4, -0.2) is 25.2 Å². The van der Waals surface area contributed by atoms with Crippen LogP contribution in [0.4, 0.5) is 0 Å². The quantitative estimate of drug-likeness (QED) is 0.105. The lowest BCUT2D eigenvalue weighted by atomic mass is 10.0. The monoisotopic (exact) mass is 453 g/mol. The number of ether oxygens (including phenoxy) is 1.